The lowest BCUT2D eigenvalue weighted by molar-refractivity contribution is 0.0562. The quantitative estimate of drug-likeness (QED) is 0.604. The molecular formula is C18H27N3O5S. The Morgan fingerprint density at radius 1 is 1.22 bits per heavy atom. The molecule has 0 N–H and O–H groups in total. The summed E-state index contributed by atoms with van der Waals surface area (Å²) in [4.78, 5) is 11.8. The number of furan rings is 1. The van der Waals surface area contributed by atoms with Crippen LogP contribution in [-0.2, 0) is 21.3 Å². The monoisotopic (exact) mass is 397 g/mol. The van der Waals surface area contributed by atoms with Crippen molar-refractivity contribution in [3.63, 3.8) is 0 Å². The molecule has 2 aromatic heterocycles. The summed E-state index contributed by atoms with van der Waals surface area (Å²) < 4.78 is 39.5. The van der Waals surface area contributed by atoms with Gasteiger partial charge in [-0.05, 0) is 38.8 Å². The van der Waals surface area contributed by atoms with Crippen molar-refractivity contribution in [1.82, 2.24) is 14.1 Å². The van der Waals surface area contributed by atoms with Crippen LogP contribution in [0.2, 0.25) is 0 Å². The van der Waals surface area contributed by atoms with Gasteiger partial charge in [-0.1, -0.05) is 13.8 Å². The Morgan fingerprint density at radius 3 is 2.41 bits per heavy atom. The summed E-state index contributed by atoms with van der Waals surface area (Å²) in [6.45, 7) is 8.50. The maximum Gasteiger partial charge on any atom is 0.373 e. The first kappa shape index (κ1) is 21.2. The number of hydrogen-bond acceptors (Lipinski definition) is 6. The van der Waals surface area contributed by atoms with Crippen LogP contribution in [0.1, 0.15) is 54.4 Å². The lowest BCUT2D eigenvalue weighted by Gasteiger charge is -2.21. The van der Waals surface area contributed by atoms with Gasteiger partial charge in [0.15, 0.2) is 0 Å². The Bertz CT molecular complexity index is 892. The Balaban J connectivity index is 2.35. The normalized spacial score (nSPS) is 11.9. The fourth-order valence-corrected chi connectivity index (χ4v) is 5.01. The highest BCUT2D eigenvalue weighted by Gasteiger charge is 2.30. The van der Waals surface area contributed by atoms with Crippen LogP contribution in [0.25, 0.3) is 0 Å². The van der Waals surface area contributed by atoms with Crippen LogP contribution in [0.3, 0.4) is 0 Å². The van der Waals surface area contributed by atoms with Crippen molar-refractivity contribution in [2.45, 2.75) is 52.0 Å². The van der Waals surface area contributed by atoms with Crippen LogP contribution in [-0.4, -0.2) is 48.7 Å². The van der Waals surface area contributed by atoms with Gasteiger partial charge in [0.25, 0.3) is 0 Å². The number of carbonyl (C=O) groups excluding carboxylic acids is 1. The number of rotatable bonds is 9. The van der Waals surface area contributed by atoms with Gasteiger partial charge >= 0.3 is 5.97 Å². The molecule has 0 saturated carbocycles. The Kier molecular flexibility index (Phi) is 6.83. The molecule has 0 bridgehead atoms. The summed E-state index contributed by atoms with van der Waals surface area (Å²) in [5, 5.41) is 4.38. The van der Waals surface area contributed by atoms with Gasteiger partial charge in [-0.2, -0.15) is 9.40 Å². The van der Waals surface area contributed by atoms with Crippen molar-refractivity contribution in [2.75, 3.05) is 20.2 Å². The maximum atomic E-state index is 13.1. The van der Waals surface area contributed by atoms with Crippen molar-refractivity contribution >= 4 is 16.0 Å². The molecule has 0 spiro atoms. The molecule has 0 saturated heterocycles. The van der Waals surface area contributed by atoms with Gasteiger partial charge in [-0.15, -0.1) is 0 Å². The lowest BCUT2D eigenvalue weighted by atomic mass is 10.4. The summed E-state index contributed by atoms with van der Waals surface area (Å²) in [6.07, 6.45) is 1.49. The van der Waals surface area contributed by atoms with Crippen LogP contribution in [0.15, 0.2) is 21.4 Å². The zero-order valence-corrected chi connectivity index (χ0v) is 17.3. The molecule has 0 aliphatic rings. The van der Waals surface area contributed by atoms with Gasteiger partial charge in [-0.25, -0.2) is 13.2 Å². The van der Waals surface area contributed by atoms with Gasteiger partial charge < -0.3 is 9.15 Å². The molecule has 0 fully saturated rings. The van der Waals surface area contributed by atoms with Crippen LogP contribution in [0.4, 0.5) is 0 Å². The fourth-order valence-electron chi connectivity index (χ4n) is 3.01. The van der Waals surface area contributed by atoms with Gasteiger partial charge in [0.05, 0.1) is 25.0 Å². The predicted octanol–water partition coefficient (Wildman–Crippen LogP) is 2.74. The van der Waals surface area contributed by atoms with Crippen LogP contribution >= 0.6 is 0 Å². The van der Waals surface area contributed by atoms with Crippen LogP contribution in [0.5, 0.6) is 0 Å². The first-order valence-electron chi connectivity index (χ1n) is 8.97. The van der Waals surface area contributed by atoms with E-state index in [-0.39, 0.29) is 17.2 Å². The number of carbonyl (C=O) groups is 1. The molecule has 9 heteroatoms. The SMILES string of the molecule is CCCN(CCC)S(=O)(=O)c1c(C)nn(Cc2ccc(C(=O)OC)o2)c1C. The number of hydrogen-bond donors (Lipinski definition) is 0. The number of esters is 1. The minimum atomic E-state index is -3.63. The van der Waals surface area contributed by atoms with E-state index in [1.807, 2.05) is 13.8 Å². The number of sulfonamides is 1. The third-order valence-electron chi connectivity index (χ3n) is 4.21. The average molecular weight is 397 g/mol. The topological polar surface area (TPSA) is 94.6 Å². The predicted molar refractivity (Wildman–Crippen MR) is 100 cm³/mol. The summed E-state index contributed by atoms with van der Waals surface area (Å²) in [6, 6.07) is 3.17. The minimum absolute atomic E-state index is 0.0962. The van der Waals surface area contributed by atoms with E-state index in [0.717, 1.165) is 12.8 Å². The van der Waals surface area contributed by atoms with E-state index in [9.17, 15) is 13.2 Å². The molecule has 27 heavy (non-hydrogen) atoms. The third-order valence-corrected chi connectivity index (χ3v) is 6.36. The van der Waals surface area contributed by atoms with Crippen molar-refractivity contribution in [3.05, 3.63) is 35.0 Å². The lowest BCUT2D eigenvalue weighted by Crippen LogP contribution is -2.33. The molecule has 0 unspecified atom stereocenters. The highest BCUT2D eigenvalue weighted by molar-refractivity contribution is 7.89. The molecule has 0 aliphatic carbocycles. The van der Waals surface area contributed by atoms with Gasteiger partial charge in [0.1, 0.15) is 10.7 Å². The summed E-state index contributed by atoms with van der Waals surface area (Å²) >= 11 is 0. The fraction of sp³-hybridized carbons (Fsp3) is 0.556. The van der Waals surface area contributed by atoms with E-state index in [4.69, 9.17) is 4.42 Å². The molecular weight excluding hydrogens is 370 g/mol. The first-order valence-corrected chi connectivity index (χ1v) is 10.4. The number of aromatic nitrogens is 2. The van der Waals surface area contributed by atoms with Gasteiger partial charge in [0, 0.05) is 13.1 Å². The molecule has 0 aliphatic heterocycles. The zero-order valence-electron chi connectivity index (χ0n) is 16.5. The Labute approximate surface area is 160 Å². The van der Waals surface area contributed by atoms with Gasteiger partial charge in [0.2, 0.25) is 15.8 Å². The smallest absolute Gasteiger partial charge is 0.373 e. The van der Waals surface area contributed by atoms with E-state index in [0.29, 0.717) is 30.2 Å². The van der Waals surface area contributed by atoms with Gasteiger partial charge in [-0.3, -0.25) is 4.68 Å². The molecule has 150 valence electrons. The number of methoxy groups -OCH3 is 1. The van der Waals surface area contributed by atoms with E-state index < -0.39 is 16.0 Å². The Hall–Kier alpha value is -2.13. The van der Waals surface area contributed by atoms with E-state index >= 15 is 0 Å². The summed E-state index contributed by atoms with van der Waals surface area (Å²) in [7, 11) is -2.35. The van der Waals surface area contributed by atoms with E-state index in [2.05, 4.69) is 9.84 Å². The number of nitrogens with zero attached hydrogens (tertiary/aromatic N) is 3. The average Bonchev–Trinajstić information content (AvgIpc) is 3.19. The molecule has 0 amide bonds. The van der Waals surface area contributed by atoms with Crippen molar-refractivity contribution in [2.24, 2.45) is 0 Å². The zero-order chi connectivity index (χ0) is 20.2. The summed E-state index contributed by atoms with van der Waals surface area (Å²) in [5.74, 6) is 0.0236. The van der Waals surface area contributed by atoms with Crippen molar-refractivity contribution < 1.29 is 22.4 Å². The van der Waals surface area contributed by atoms with E-state index in [1.165, 1.54) is 17.5 Å². The number of aryl methyl sites for hydroxylation is 1. The second kappa shape index (κ2) is 8.71. The van der Waals surface area contributed by atoms with E-state index in [1.54, 1.807) is 24.6 Å². The molecule has 8 nitrogen and oxygen atoms in total. The van der Waals surface area contributed by atoms with Crippen molar-refractivity contribution in [1.29, 1.82) is 0 Å². The summed E-state index contributed by atoms with van der Waals surface area (Å²) in [5.41, 5.74) is 0.991. The Morgan fingerprint density at radius 2 is 1.85 bits per heavy atom. The van der Waals surface area contributed by atoms with Crippen LogP contribution < -0.4 is 0 Å². The minimum Gasteiger partial charge on any atom is -0.463 e. The second-order valence-corrected chi connectivity index (χ2v) is 8.19. The third kappa shape index (κ3) is 4.41. The second-order valence-electron chi connectivity index (χ2n) is 6.32. The molecule has 2 heterocycles. The highest BCUT2D eigenvalue weighted by atomic mass is 32.2. The maximum absolute atomic E-state index is 13.1. The highest BCUT2D eigenvalue weighted by Crippen LogP contribution is 2.25. The molecule has 0 atom stereocenters. The molecule has 2 rings (SSSR count). The molecule has 0 radical (unpaired) electrons. The largest absolute Gasteiger partial charge is 0.463 e. The van der Waals surface area contributed by atoms with Crippen LogP contribution in [0, 0.1) is 13.8 Å². The molecule has 2 aromatic rings. The standard InChI is InChI=1S/C18H27N3O5S/c1-6-10-20(11-7-2)27(23,24)17-13(3)19-21(14(17)4)12-15-8-9-16(26-15)18(22)25-5/h8-9H,6-7,10-12H2,1-5H3. The molecule has 0 aromatic carbocycles. The number of ether oxygens (including phenoxy) is 1. The van der Waals surface area contributed by atoms with Crippen molar-refractivity contribution in [3.8, 4) is 0 Å². The first-order chi connectivity index (χ1) is 12.8.